The van der Waals surface area contributed by atoms with Crippen LogP contribution in [0.4, 0.5) is 0 Å². The first kappa shape index (κ1) is 12.3. The van der Waals surface area contributed by atoms with E-state index < -0.39 is 0 Å². The number of carbonyl (C=O) groups is 1. The van der Waals surface area contributed by atoms with Gasteiger partial charge in [0.2, 0.25) is 0 Å². The Labute approximate surface area is 106 Å². The van der Waals surface area contributed by atoms with Gasteiger partial charge in [0, 0.05) is 18.9 Å². The van der Waals surface area contributed by atoms with Crippen LogP contribution >= 0.6 is 11.6 Å². The van der Waals surface area contributed by atoms with Crippen LogP contribution in [0.5, 0.6) is 0 Å². The van der Waals surface area contributed by atoms with Crippen molar-refractivity contribution in [3.8, 4) is 0 Å². The highest BCUT2D eigenvalue weighted by atomic mass is 35.5. The summed E-state index contributed by atoms with van der Waals surface area (Å²) in [6.45, 7) is 5.09. The molecule has 92 valence electrons. The summed E-state index contributed by atoms with van der Waals surface area (Å²) in [5.41, 5.74) is 0.502. The zero-order valence-electron chi connectivity index (χ0n) is 9.89. The molecular weight excluding hydrogens is 240 g/mol. The molecule has 2 rings (SSSR count). The number of amides is 1. The normalized spacial score (nSPS) is 24.8. The fraction of sp³-hybridized carbons (Fsp3) is 0.500. The fourth-order valence-electron chi connectivity index (χ4n) is 1.89. The second-order valence-electron chi connectivity index (χ2n) is 4.31. The van der Waals surface area contributed by atoms with Crippen molar-refractivity contribution in [3.05, 3.63) is 29.0 Å². The highest BCUT2D eigenvalue weighted by Gasteiger charge is 2.29. The Balaban J connectivity index is 2.22. The van der Waals surface area contributed by atoms with Crippen LogP contribution in [0.2, 0.25) is 5.02 Å². The smallest absolute Gasteiger partial charge is 0.255 e. The number of hydrogen-bond acceptors (Lipinski definition) is 3. The standard InChI is InChI=1S/C12H15ClN2O2/c1-8-7-17-9(2)6-15(8)12(16)10-3-4-14-5-11(10)13/h3-5,8-9H,6-7H2,1-2H3. The Hall–Kier alpha value is -1.13. The number of pyridine rings is 1. The van der Waals surface area contributed by atoms with E-state index in [4.69, 9.17) is 16.3 Å². The van der Waals surface area contributed by atoms with Gasteiger partial charge >= 0.3 is 0 Å². The van der Waals surface area contributed by atoms with Gasteiger partial charge in [-0.05, 0) is 19.9 Å². The van der Waals surface area contributed by atoms with Crippen molar-refractivity contribution in [2.24, 2.45) is 0 Å². The third kappa shape index (κ3) is 2.58. The predicted molar refractivity (Wildman–Crippen MR) is 65.2 cm³/mol. The number of carbonyl (C=O) groups excluding carboxylic acids is 1. The first-order valence-electron chi connectivity index (χ1n) is 5.61. The second-order valence-corrected chi connectivity index (χ2v) is 4.71. The lowest BCUT2D eigenvalue weighted by molar-refractivity contribution is -0.0387. The van der Waals surface area contributed by atoms with Gasteiger partial charge in [0.25, 0.3) is 5.91 Å². The van der Waals surface area contributed by atoms with Crippen molar-refractivity contribution in [1.82, 2.24) is 9.88 Å². The summed E-state index contributed by atoms with van der Waals surface area (Å²) in [5, 5.41) is 0.392. The van der Waals surface area contributed by atoms with Crippen LogP contribution < -0.4 is 0 Å². The molecule has 1 aromatic rings. The van der Waals surface area contributed by atoms with Gasteiger partial charge in [-0.1, -0.05) is 11.6 Å². The third-order valence-corrected chi connectivity index (χ3v) is 3.17. The van der Waals surface area contributed by atoms with Gasteiger partial charge in [-0.3, -0.25) is 9.78 Å². The van der Waals surface area contributed by atoms with Gasteiger partial charge in [0.1, 0.15) is 0 Å². The lowest BCUT2D eigenvalue weighted by Gasteiger charge is -2.36. The van der Waals surface area contributed by atoms with Crippen molar-refractivity contribution in [3.63, 3.8) is 0 Å². The number of rotatable bonds is 1. The van der Waals surface area contributed by atoms with Gasteiger partial charge in [-0.15, -0.1) is 0 Å². The van der Waals surface area contributed by atoms with E-state index in [0.717, 1.165) is 0 Å². The molecule has 4 nitrogen and oxygen atoms in total. The maximum absolute atomic E-state index is 12.3. The highest BCUT2D eigenvalue weighted by molar-refractivity contribution is 6.33. The van der Waals surface area contributed by atoms with Crippen LogP contribution in [-0.4, -0.2) is 41.1 Å². The fourth-order valence-corrected chi connectivity index (χ4v) is 2.09. The molecule has 0 saturated carbocycles. The maximum Gasteiger partial charge on any atom is 0.255 e. The van der Waals surface area contributed by atoms with Gasteiger partial charge < -0.3 is 9.64 Å². The molecule has 0 spiro atoms. The topological polar surface area (TPSA) is 42.4 Å². The number of nitrogens with zero attached hydrogens (tertiary/aromatic N) is 2. The summed E-state index contributed by atoms with van der Waals surface area (Å²) in [6.07, 6.45) is 3.13. The minimum Gasteiger partial charge on any atom is -0.375 e. The molecule has 1 fully saturated rings. The van der Waals surface area contributed by atoms with E-state index in [2.05, 4.69) is 4.98 Å². The third-order valence-electron chi connectivity index (χ3n) is 2.87. The molecule has 2 unspecified atom stereocenters. The summed E-state index contributed by atoms with van der Waals surface area (Å²) < 4.78 is 5.50. The molecule has 1 aromatic heterocycles. The van der Waals surface area contributed by atoms with Gasteiger partial charge in [0.15, 0.2) is 0 Å². The Kier molecular flexibility index (Phi) is 3.64. The van der Waals surface area contributed by atoms with Crippen LogP contribution in [0.1, 0.15) is 24.2 Å². The molecule has 1 amide bonds. The first-order chi connectivity index (χ1) is 8.09. The summed E-state index contributed by atoms with van der Waals surface area (Å²) in [4.78, 5) is 18.0. The lowest BCUT2D eigenvalue weighted by atomic mass is 10.1. The van der Waals surface area contributed by atoms with E-state index in [0.29, 0.717) is 23.7 Å². The minimum absolute atomic E-state index is 0.0555. The molecule has 5 heteroatoms. The van der Waals surface area contributed by atoms with Crippen molar-refractivity contribution in [2.75, 3.05) is 13.2 Å². The summed E-state index contributed by atoms with van der Waals surface area (Å²) in [5.74, 6) is -0.0555. The number of ether oxygens (including phenoxy) is 1. The quantitative estimate of drug-likeness (QED) is 0.770. The van der Waals surface area contributed by atoms with E-state index in [1.54, 1.807) is 17.2 Å². The van der Waals surface area contributed by atoms with Crippen molar-refractivity contribution >= 4 is 17.5 Å². The van der Waals surface area contributed by atoms with E-state index in [9.17, 15) is 4.79 Å². The first-order valence-corrected chi connectivity index (χ1v) is 5.99. The van der Waals surface area contributed by atoms with Crippen molar-refractivity contribution < 1.29 is 9.53 Å². The average Bonchev–Trinajstić information content (AvgIpc) is 2.32. The lowest BCUT2D eigenvalue weighted by Crippen LogP contribution is -2.50. The molecule has 0 bridgehead atoms. The van der Waals surface area contributed by atoms with E-state index in [-0.39, 0.29) is 18.1 Å². The average molecular weight is 255 g/mol. The molecule has 1 saturated heterocycles. The molecular formula is C12H15ClN2O2. The predicted octanol–water partition coefficient (Wildman–Crippen LogP) is 1.98. The minimum atomic E-state index is -0.0555. The maximum atomic E-state index is 12.3. The van der Waals surface area contributed by atoms with E-state index in [1.165, 1.54) is 6.20 Å². The molecule has 2 heterocycles. The summed E-state index contributed by atoms with van der Waals surface area (Å²) in [7, 11) is 0. The van der Waals surface area contributed by atoms with Crippen LogP contribution in [-0.2, 0) is 4.74 Å². The Morgan fingerprint density at radius 3 is 3.06 bits per heavy atom. The van der Waals surface area contributed by atoms with Crippen LogP contribution in [0.25, 0.3) is 0 Å². The highest BCUT2D eigenvalue weighted by Crippen LogP contribution is 2.20. The molecule has 2 atom stereocenters. The SMILES string of the molecule is CC1CN(C(=O)c2ccncc2Cl)C(C)CO1. The van der Waals surface area contributed by atoms with Gasteiger partial charge in [-0.25, -0.2) is 0 Å². The van der Waals surface area contributed by atoms with Crippen molar-refractivity contribution in [2.45, 2.75) is 26.0 Å². The molecule has 0 N–H and O–H groups in total. The number of halogens is 1. The molecule has 1 aliphatic rings. The molecule has 0 radical (unpaired) electrons. The second kappa shape index (κ2) is 5.02. The molecule has 17 heavy (non-hydrogen) atoms. The van der Waals surface area contributed by atoms with Crippen molar-refractivity contribution in [1.29, 1.82) is 0 Å². The van der Waals surface area contributed by atoms with E-state index in [1.807, 2.05) is 13.8 Å². The number of hydrogen-bond donors (Lipinski definition) is 0. The Bertz CT molecular complexity index is 425. The van der Waals surface area contributed by atoms with Gasteiger partial charge in [0.05, 0.1) is 29.3 Å². The van der Waals surface area contributed by atoms with E-state index >= 15 is 0 Å². The van der Waals surface area contributed by atoms with Crippen LogP contribution in [0.15, 0.2) is 18.5 Å². The Morgan fingerprint density at radius 1 is 1.59 bits per heavy atom. The molecule has 1 aliphatic heterocycles. The summed E-state index contributed by atoms with van der Waals surface area (Å²) in [6, 6.07) is 1.72. The largest absolute Gasteiger partial charge is 0.375 e. The number of morpholine rings is 1. The monoisotopic (exact) mass is 254 g/mol. The number of aromatic nitrogens is 1. The zero-order valence-corrected chi connectivity index (χ0v) is 10.6. The molecule has 0 aliphatic carbocycles. The zero-order chi connectivity index (χ0) is 12.4. The Morgan fingerprint density at radius 2 is 2.35 bits per heavy atom. The van der Waals surface area contributed by atoms with Crippen LogP contribution in [0.3, 0.4) is 0 Å². The van der Waals surface area contributed by atoms with Crippen LogP contribution in [0, 0.1) is 0 Å². The molecule has 0 aromatic carbocycles. The summed E-state index contributed by atoms with van der Waals surface area (Å²) >= 11 is 5.98. The van der Waals surface area contributed by atoms with Gasteiger partial charge in [-0.2, -0.15) is 0 Å².